The van der Waals surface area contributed by atoms with Crippen LogP contribution < -0.4 is 5.73 Å². The molecule has 2 atom stereocenters. The summed E-state index contributed by atoms with van der Waals surface area (Å²) in [5.74, 6) is 1.23. The minimum absolute atomic E-state index is 0.328. The zero-order valence-electron chi connectivity index (χ0n) is 9.42. The van der Waals surface area contributed by atoms with Gasteiger partial charge in [0.15, 0.2) is 0 Å². The Kier molecular flexibility index (Phi) is 7.81. The number of nitrogens with zero attached hydrogens (tertiary/aromatic N) is 1. The second kappa shape index (κ2) is 7.65. The first kappa shape index (κ1) is 13.3. The molecule has 0 aromatic rings. The Bertz CT molecular complexity index is 117. The molecule has 2 nitrogen and oxygen atoms in total. The molecule has 0 aromatic carbocycles. The van der Waals surface area contributed by atoms with Crippen molar-refractivity contribution in [3.8, 4) is 0 Å². The SMILES string of the molecule is CCC(CSC)N(C)CCC(C)N. The highest BCUT2D eigenvalue weighted by molar-refractivity contribution is 7.98. The smallest absolute Gasteiger partial charge is 0.0180 e. The fourth-order valence-corrected chi connectivity index (χ4v) is 2.21. The van der Waals surface area contributed by atoms with Gasteiger partial charge in [0, 0.05) is 17.8 Å². The number of hydrogen-bond donors (Lipinski definition) is 1. The Hall–Kier alpha value is 0.270. The van der Waals surface area contributed by atoms with Gasteiger partial charge in [-0.1, -0.05) is 6.92 Å². The molecule has 0 rings (SSSR count). The summed E-state index contributed by atoms with van der Waals surface area (Å²) in [7, 11) is 2.20. The average molecular weight is 204 g/mol. The first-order chi connectivity index (χ1) is 6.11. The van der Waals surface area contributed by atoms with E-state index in [1.54, 1.807) is 0 Å². The predicted molar refractivity (Wildman–Crippen MR) is 63.4 cm³/mol. The number of thioether (sulfide) groups is 1. The first-order valence-electron chi connectivity index (χ1n) is 5.06. The van der Waals surface area contributed by atoms with Crippen LogP contribution in [0.3, 0.4) is 0 Å². The molecule has 0 heterocycles. The molecule has 3 heteroatoms. The van der Waals surface area contributed by atoms with Gasteiger partial charge in [-0.2, -0.15) is 11.8 Å². The highest BCUT2D eigenvalue weighted by atomic mass is 32.2. The number of rotatable bonds is 7. The summed E-state index contributed by atoms with van der Waals surface area (Å²) in [5, 5.41) is 0. The summed E-state index contributed by atoms with van der Waals surface area (Å²) in [5.41, 5.74) is 5.72. The Labute approximate surface area is 87.2 Å². The molecule has 13 heavy (non-hydrogen) atoms. The monoisotopic (exact) mass is 204 g/mol. The van der Waals surface area contributed by atoms with E-state index in [0.717, 1.165) is 13.0 Å². The van der Waals surface area contributed by atoms with Gasteiger partial charge < -0.3 is 10.6 Å². The van der Waals surface area contributed by atoms with Gasteiger partial charge in [0.2, 0.25) is 0 Å². The van der Waals surface area contributed by atoms with E-state index in [1.807, 2.05) is 11.8 Å². The molecule has 0 aliphatic carbocycles. The van der Waals surface area contributed by atoms with E-state index in [2.05, 4.69) is 32.1 Å². The van der Waals surface area contributed by atoms with Crippen molar-refractivity contribution in [2.75, 3.05) is 25.6 Å². The maximum absolute atomic E-state index is 5.72. The summed E-state index contributed by atoms with van der Waals surface area (Å²) in [4.78, 5) is 2.43. The topological polar surface area (TPSA) is 29.3 Å². The van der Waals surface area contributed by atoms with Crippen LogP contribution in [0.5, 0.6) is 0 Å². The van der Waals surface area contributed by atoms with Crippen LogP contribution in [0.1, 0.15) is 26.7 Å². The van der Waals surface area contributed by atoms with E-state index >= 15 is 0 Å². The molecule has 0 bridgehead atoms. The third-order valence-electron chi connectivity index (χ3n) is 2.39. The van der Waals surface area contributed by atoms with Gasteiger partial charge in [-0.05, 0) is 39.6 Å². The minimum atomic E-state index is 0.328. The lowest BCUT2D eigenvalue weighted by atomic mass is 10.2. The van der Waals surface area contributed by atoms with E-state index in [9.17, 15) is 0 Å². The molecular weight excluding hydrogens is 180 g/mol. The van der Waals surface area contributed by atoms with E-state index in [-0.39, 0.29) is 0 Å². The van der Waals surface area contributed by atoms with E-state index < -0.39 is 0 Å². The van der Waals surface area contributed by atoms with Crippen LogP contribution in [0.2, 0.25) is 0 Å². The summed E-state index contributed by atoms with van der Waals surface area (Å²) in [6.07, 6.45) is 4.50. The quantitative estimate of drug-likeness (QED) is 0.685. The van der Waals surface area contributed by atoms with Crippen LogP contribution in [-0.2, 0) is 0 Å². The minimum Gasteiger partial charge on any atom is -0.328 e. The van der Waals surface area contributed by atoms with Crippen LogP contribution in [0.4, 0.5) is 0 Å². The van der Waals surface area contributed by atoms with Crippen molar-refractivity contribution >= 4 is 11.8 Å². The second-order valence-corrected chi connectivity index (χ2v) is 4.67. The van der Waals surface area contributed by atoms with Crippen LogP contribution >= 0.6 is 11.8 Å². The molecule has 0 saturated carbocycles. The molecule has 0 spiro atoms. The fourth-order valence-electron chi connectivity index (χ4n) is 1.34. The summed E-state index contributed by atoms with van der Waals surface area (Å²) in [6, 6.07) is 1.04. The van der Waals surface area contributed by atoms with Crippen molar-refractivity contribution in [3.63, 3.8) is 0 Å². The Balaban J connectivity index is 3.69. The molecule has 0 radical (unpaired) electrons. The Morgan fingerprint density at radius 1 is 1.46 bits per heavy atom. The molecule has 0 aliphatic rings. The first-order valence-corrected chi connectivity index (χ1v) is 6.45. The highest BCUT2D eigenvalue weighted by Crippen LogP contribution is 2.08. The lowest BCUT2D eigenvalue weighted by Gasteiger charge is -2.27. The molecule has 2 N–H and O–H groups in total. The maximum atomic E-state index is 5.72. The van der Waals surface area contributed by atoms with Gasteiger partial charge in [-0.15, -0.1) is 0 Å². The van der Waals surface area contributed by atoms with Crippen molar-refractivity contribution in [1.29, 1.82) is 0 Å². The van der Waals surface area contributed by atoms with Crippen molar-refractivity contribution in [2.24, 2.45) is 5.73 Å². The molecule has 0 aromatic heterocycles. The summed E-state index contributed by atoms with van der Waals surface area (Å²) >= 11 is 1.92. The van der Waals surface area contributed by atoms with Crippen molar-refractivity contribution in [2.45, 2.75) is 38.8 Å². The van der Waals surface area contributed by atoms with Gasteiger partial charge in [0.1, 0.15) is 0 Å². The van der Waals surface area contributed by atoms with Crippen molar-refractivity contribution in [1.82, 2.24) is 4.90 Å². The second-order valence-electron chi connectivity index (χ2n) is 3.76. The van der Waals surface area contributed by atoms with Crippen molar-refractivity contribution in [3.05, 3.63) is 0 Å². The third kappa shape index (κ3) is 6.36. The molecule has 2 unspecified atom stereocenters. The Morgan fingerprint density at radius 2 is 2.08 bits per heavy atom. The van der Waals surface area contributed by atoms with Gasteiger partial charge in [-0.3, -0.25) is 0 Å². The van der Waals surface area contributed by atoms with Crippen LogP contribution in [0.15, 0.2) is 0 Å². The Morgan fingerprint density at radius 3 is 2.46 bits per heavy atom. The lowest BCUT2D eigenvalue weighted by molar-refractivity contribution is 0.248. The van der Waals surface area contributed by atoms with E-state index in [0.29, 0.717) is 12.1 Å². The zero-order valence-corrected chi connectivity index (χ0v) is 10.2. The average Bonchev–Trinajstić information content (AvgIpc) is 2.10. The van der Waals surface area contributed by atoms with Gasteiger partial charge in [0.25, 0.3) is 0 Å². The van der Waals surface area contributed by atoms with Gasteiger partial charge in [0.05, 0.1) is 0 Å². The summed E-state index contributed by atoms with van der Waals surface area (Å²) in [6.45, 7) is 5.45. The van der Waals surface area contributed by atoms with Crippen LogP contribution in [0, 0.1) is 0 Å². The van der Waals surface area contributed by atoms with Gasteiger partial charge in [-0.25, -0.2) is 0 Å². The van der Waals surface area contributed by atoms with Crippen LogP contribution in [0.25, 0.3) is 0 Å². The molecule has 0 fully saturated rings. The fraction of sp³-hybridized carbons (Fsp3) is 1.00. The molecule has 0 saturated heterocycles. The lowest BCUT2D eigenvalue weighted by Crippen LogP contribution is -2.36. The molecular formula is C10H24N2S. The zero-order chi connectivity index (χ0) is 10.3. The molecule has 0 amide bonds. The highest BCUT2D eigenvalue weighted by Gasteiger charge is 2.11. The largest absolute Gasteiger partial charge is 0.328 e. The van der Waals surface area contributed by atoms with Gasteiger partial charge >= 0.3 is 0 Å². The predicted octanol–water partition coefficient (Wildman–Crippen LogP) is 1.80. The summed E-state index contributed by atoms with van der Waals surface area (Å²) < 4.78 is 0. The maximum Gasteiger partial charge on any atom is 0.0180 e. The number of nitrogens with two attached hydrogens (primary N) is 1. The molecule has 0 aliphatic heterocycles. The normalized spacial score (nSPS) is 16.2. The number of hydrogen-bond acceptors (Lipinski definition) is 3. The third-order valence-corrected chi connectivity index (χ3v) is 3.11. The van der Waals surface area contributed by atoms with Crippen molar-refractivity contribution < 1.29 is 0 Å². The van der Waals surface area contributed by atoms with E-state index in [1.165, 1.54) is 12.2 Å². The van der Waals surface area contributed by atoms with Crippen LogP contribution in [-0.4, -0.2) is 42.6 Å². The van der Waals surface area contributed by atoms with E-state index in [4.69, 9.17) is 5.73 Å². The molecule has 80 valence electrons. The standard InChI is InChI=1S/C10H24N2S/c1-5-10(8-13-4)12(3)7-6-9(2)11/h9-10H,5-8,11H2,1-4H3.